The lowest BCUT2D eigenvalue weighted by Gasteiger charge is -2.36. The maximum Gasteiger partial charge on any atom is 0.222 e. The number of carbonyl (C=O) groups is 1. The third-order valence-corrected chi connectivity index (χ3v) is 3.94. The molecule has 0 spiro atoms. The van der Waals surface area contributed by atoms with E-state index in [-0.39, 0.29) is 12.0 Å². The molecule has 0 aromatic carbocycles. The zero-order chi connectivity index (χ0) is 11.4. The van der Waals surface area contributed by atoms with Gasteiger partial charge in [0.15, 0.2) is 0 Å². The van der Waals surface area contributed by atoms with Crippen molar-refractivity contribution >= 4 is 5.91 Å². The molecule has 0 unspecified atom stereocenters. The maximum absolute atomic E-state index is 11.6. The average molecular weight is 225 g/mol. The lowest BCUT2D eigenvalue weighted by atomic mass is 9.86. The lowest BCUT2D eigenvalue weighted by Crippen LogP contribution is -2.53. The summed E-state index contributed by atoms with van der Waals surface area (Å²) in [5.41, 5.74) is 0. The van der Waals surface area contributed by atoms with Crippen LogP contribution in [-0.2, 0) is 4.79 Å². The summed E-state index contributed by atoms with van der Waals surface area (Å²) >= 11 is 0. The third-order valence-electron chi connectivity index (χ3n) is 3.94. The molecular weight excluding hydrogens is 202 g/mol. The van der Waals surface area contributed by atoms with Crippen LogP contribution in [0.15, 0.2) is 0 Å². The molecule has 0 aromatic heterocycles. The van der Waals surface area contributed by atoms with Crippen molar-refractivity contribution < 1.29 is 9.90 Å². The molecule has 92 valence electrons. The summed E-state index contributed by atoms with van der Waals surface area (Å²) in [6, 6.07) is 0. The van der Waals surface area contributed by atoms with Gasteiger partial charge in [-0.25, -0.2) is 0 Å². The largest absolute Gasteiger partial charge is 0.389 e. The number of amides is 1. The van der Waals surface area contributed by atoms with Crippen LogP contribution in [0.3, 0.4) is 0 Å². The molecule has 0 aromatic rings. The van der Waals surface area contributed by atoms with Crippen LogP contribution < -0.4 is 0 Å². The van der Waals surface area contributed by atoms with Crippen LogP contribution in [0, 0.1) is 5.92 Å². The number of hydrogen-bond acceptors (Lipinski definition) is 2. The van der Waals surface area contributed by atoms with Crippen LogP contribution in [0.2, 0.25) is 0 Å². The highest BCUT2D eigenvalue weighted by Gasteiger charge is 2.28. The second-order valence-corrected chi connectivity index (χ2v) is 5.35. The van der Waals surface area contributed by atoms with Crippen molar-refractivity contribution in [2.24, 2.45) is 5.92 Å². The number of aliphatic hydroxyl groups is 1. The first kappa shape index (κ1) is 11.9. The highest BCUT2D eigenvalue weighted by molar-refractivity contribution is 5.77. The van der Waals surface area contributed by atoms with E-state index < -0.39 is 0 Å². The summed E-state index contributed by atoms with van der Waals surface area (Å²) in [4.78, 5) is 13.4. The molecule has 1 heterocycles. The molecule has 0 atom stereocenters. The fraction of sp³-hybridized carbons (Fsp3) is 0.923. The summed E-state index contributed by atoms with van der Waals surface area (Å²) in [5, 5.41) is 9.10. The Morgan fingerprint density at radius 3 is 2.50 bits per heavy atom. The van der Waals surface area contributed by atoms with Crippen LogP contribution in [0.5, 0.6) is 0 Å². The van der Waals surface area contributed by atoms with Gasteiger partial charge in [0, 0.05) is 19.5 Å². The summed E-state index contributed by atoms with van der Waals surface area (Å²) < 4.78 is 0. The van der Waals surface area contributed by atoms with Gasteiger partial charge in [0.2, 0.25) is 5.91 Å². The molecule has 2 fully saturated rings. The quantitative estimate of drug-likeness (QED) is 0.794. The molecule has 3 nitrogen and oxygen atoms in total. The number of carbonyl (C=O) groups excluding carboxylic acids is 1. The van der Waals surface area contributed by atoms with Crippen LogP contribution >= 0.6 is 0 Å². The van der Waals surface area contributed by atoms with Crippen molar-refractivity contribution in [2.45, 2.75) is 57.5 Å². The van der Waals surface area contributed by atoms with Gasteiger partial charge in [0.25, 0.3) is 0 Å². The van der Waals surface area contributed by atoms with E-state index in [1.807, 2.05) is 0 Å². The van der Waals surface area contributed by atoms with E-state index in [0.29, 0.717) is 19.5 Å². The van der Waals surface area contributed by atoms with Crippen LogP contribution in [0.1, 0.15) is 51.4 Å². The Hall–Kier alpha value is -0.570. The summed E-state index contributed by atoms with van der Waals surface area (Å²) in [6.07, 6.45) is 9.60. The molecule has 16 heavy (non-hydrogen) atoms. The van der Waals surface area contributed by atoms with E-state index in [0.717, 1.165) is 12.3 Å². The zero-order valence-corrected chi connectivity index (χ0v) is 10.0. The topological polar surface area (TPSA) is 40.5 Å². The van der Waals surface area contributed by atoms with Gasteiger partial charge in [-0.3, -0.25) is 4.79 Å². The van der Waals surface area contributed by atoms with E-state index >= 15 is 0 Å². The molecule has 2 aliphatic rings. The first-order valence-corrected chi connectivity index (χ1v) is 6.71. The zero-order valence-electron chi connectivity index (χ0n) is 10.0. The summed E-state index contributed by atoms with van der Waals surface area (Å²) in [7, 11) is 0. The number of nitrogens with zero attached hydrogens (tertiary/aromatic N) is 1. The standard InChI is InChI=1S/C13H23NO2/c15-12-9-14(10-12)13(16)8-4-7-11-5-2-1-3-6-11/h11-12,15H,1-10H2. The molecule has 1 N–H and O–H groups in total. The first-order chi connectivity index (χ1) is 7.75. The fourth-order valence-corrected chi connectivity index (χ4v) is 2.83. The molecule has 2 rings (SSSR count). The predicted molar refractivity (Wildman–Crippen MR) is 63.0 cm³/mol. The predicted octanol–water partition coefficient (Wildman–Crippen LogP) is 1.94. The van der Waals surface area contributed by atoms with Crippen LogP contribution in [0.4, 0.5) is 0 Å². The van der Waals surface area contributed by atoms with E-state index in [1.54, 1.807) is 4.90 Å². The number of hydrogen-bond donors (Lipinski definition) is 1. The Balaban J connectivity index is 1.55. The Morgan fingerprint density at radius 1 is 1.19 bits per heavy atom. The molecular formula is C13H23NO2. The molecule has 1 saturated heterocycles. The fourth-order valence-electron chi connectivity index (χ4n) is 2.83. The van der Waals surface area contributed by atoms with E-state index in [9.17, 15) is 4.79 Å². The Kier molecular flexibility index (Phi) is 4.22. The number of likely N-dealkylation sites (tertiary alicyclic amines) is 1. The third kappa shape index (κ3) is 3.21. The number of rotatable bonds is 4. The molecule has 1 aliphatic carbocycles. The molecule has 1 saturated carbocycles. The van der Waals surface area contributed by atoms with Gasteiger partial charge in [0.1, 0.15) is 0 Å². The van der Waals surface area contributed by atoms with E-state index in [4.69, 9.17) is 5.11 Å². The Labute approximate surface area is 97.8 Å². The molecule has 1 amide bonds. The first-order valence-electron chi connectivity index (χ1n) is 6.71. The van der Waals surface area contributed by atoms with Crippen molar-refractivity contribution in [2.75, 3.05) is 13.1 Å². The minimum absolute atomic E-state index is 0.237. The van der Waals surface area contributed by atoms with Crippen molar-refractivity contribution in [1.82, 2.24) is 4.90 Å². The monoisotopic (exact) mass is 225 g/mol. The van der Waals surface area contributed by atoms with Crippen molar-refractivity contribution in [3.63, 3.8) is 0 Å². The SMILES string of the molecule is O=C(CCCC1CCCCC1)N1CC(O)C1. The molecule has 1 aliphatic heterocycles. The average Bonchev–Trinajstić information content (AvgIpc) is 2.26. The van der Waals surface area contributed by atoms with Crippen molar-refractivity contribution in [1.29, 1.82) is 0 Å². The van der Waals surface area contributed by atoms with Gasteiger partial charge in [-0.15, -0.1) is 0 Å². The molecule has 0 bridgehead atoms. The van der Waals surface area contributed by atoms with Gasteiger partial charge in [-0.1, -0.05) is 32.1 Å². The van der Waals surface area contributed by atoms with Gasteiger partial charge in [-0.2, -0.15) is 0 Å². The summed E-state index contributed by atoms with van der Waals surface area (Å²) in [5.74, 6) is 1.12. The van der Waals surface area contributed by atoms with Crippen LogP contribution in [-0.4, -0.2) is 35.1 Å². The van der Waals surface area contributed by atoms with Crippen molar-refractivity contribution in [3.05, 3.63) is 0 Å². The lowest BCUT2D eigenvalue weighted by molar-refractivity contribution is -0.141. The van der Waals surface area contributed by atoms with Gasteiger partial charge < -0.3 is 10.0 Å². The smallest absolute Gasteiger partial charge is 0.222 e. The maximum atomic E-state index is 11.6. The Morgan fingerprint density at radius 2 is 1.88 bits per heavy atom. The second kappa shape index (κ2) is 5.67. The van der Waals surface area contributed by atoms with E-state index in [1.165, 1.54) is 38.5 Å². The Bertz CT molecular complexity index is 230. The van der Waals surface area contributed by atoms with Gasteiger partial charge in [-0.05, 0) is 18.8 Å². The van der Waals surface area contributed by atoms with E-state index in [2.05, 4.69) is 0 Å². The van der Waals surface area contributed by atoms with Crippen LogP contribution in [0.25, 0.3) is 0 Å². The minimum Gasteiger partial charge on any atom is -0.389 e. The normalized spacial score (nSPS) is 23.2. The highest BCUT2D eigenvalue weighted by atomic mass is 16.3. The minimum atomic E-state index is -0.262. The van der Waals surface area contributed by atoms with Gasteiger partial charge in [0.05, 0.1) is 6.10 Å². The summed E-state index contributed by atoms with van der Waals surface area (Å²) in [6.45, 7) is 1.12. The second-order valence-electron chi connectivity index (χ2n) is 5.35. The molecule has 3 heteroatoms. The number of β-amino-alcohol motifs (C(OH)–C–C–N with tert-alkyl or cyclic N) is 1. The van der Waals surface area contributed by atoms with Gasteiger partial charge >= 0.3 is 0 Å². The molecule has 0 radical (unpaired) electrons. The van der Waals surface area contributed by atoms with Crippen molar-refractivity contribution in [3.8, 4) is 0 Å². The number of aliphatic hydroxyl groups excluding tert-OH is 1. The highest BCUT2D eigenvalue weighted by Crippen LogP contribution is 2.27.